The molecule has 11 rings (SSSR count). The van der Waals surface area contributed by atoms with Crippen LogP contribution in [0.1, 0.15) is 38.9 Å². The molecular formula is C54H37NO. The second kappa shape index (κ2) is 12.7. The van der Waals surface area contributed by atoms with Gasteiger partial charge in [0.05, 0.1) is 16.8 Å². The molecular weight excluding hydrogens is 679 g/mol. The van der Waals surface area contributed by atoms with Crippen LogP contribution in [0.2, 0.25) is 0 Å². The Kier molecular flexibility index (Phi) is 7.33. The summed E-state index contributed by atoms with van der Waals surface area (Å²) in [6.07, 6.45) is 4.35. The van der Waals surface area contributed by atoms with Gasteiger partial charge in [-0.1, -0.05) is 163 Å². The zero-order valence-electron chi connectivity index (χ0n) is 31.0. The molecule has 2 heteroatoms. The van der Waals surface area contributed by atoms with E-state index in [1.165, 1.54) is 60.5 Å². The van der Waals surface area contributed by atoms with Crippen molar-refractivity contribution in [1.82, 2.24) is 0 Å². The number of rotatable bonds is 6. The Bertz CT molecular complexity index is 2940. The van der Waals surface area contributed by atoms with Crippen molar-refractivity contribution in [3.05, 3.63) is 233 Å². The molecule has 2 aliphatic rings. The minimum atomic E-state index is -0.430. The van der Waals surface area contributed by atoms with Gasteiger partial charge in [-0.05, 0) is 122 Å². The van der Waals surface area contributed by atoms with E-state index in [4.69, 9.17) is 4.74 Å². The van der Waals surface area contributed by atoms with E-state index in [2.05, 4.69) is 206 Å². The van der Waals surface area contributed by atoms with Crippen molar-refractivity contribution in [2.24, 2.45) is 0 Å². The van der Waals surface area contributed by atoms with Crippen LogP contribution >= 0.6 is 0 Å². The van der Waals surface area contributed by atoms with Crippen molar-refractivity contribution in [3.8, 4) is 22.6 Å². The Labute approximate surface area is 327 Å². The summed E-state index contributed by atoms with van der Waals surface area (Å²) in [5.74, 6) is 1.69. The fraction of sp³-hybridized carbons (Fsp3) is 0.0370. The predicted molar refractivity (Wildman–Crippen MR) is 234 cm³/mol. The standard InChI is InChI=1S/C54H37NO/c1-36-19-30-45(31-20-36)55-48-17-8-9-18-50(48)56-51-33-38(25-32-49(51)55)22-21-37-23-26-39(27-24-37)42-34-41-29-28-40-11-10-16-46-52(40)53(41)47(35-42)54(46,43-12-4-2-5-13-43)44-14-6-3-7-15-44/h2-35H,1H3/b22-21+. The number of ether oxygens (including phenoxy) is 1. The molecule has 1 heterocycles. The highest BCUT2D eigenvalue weighted by atomic mass is 16.5. The molecule has 0 atom stereocenters. The molecule has 56 heavy (non-hydrogen) atoms. The fourth-order valence-electron chi connectivity index (χ4n) is 9.16. The van der Waals surface area contributed by atoms with Crippen LogP contribution < -0.4 is 9.64 Å². The van der Waals surface area contributed by atoms with E-state index < -0.39 is 5.41 Å². The van der Waals surface area contributed by atoms with E-state index >= 15 is 0 Å². The van der Waals surface area contributed by atoms with Gasteiger partial charge in [0.15, 0.2) is 11.5 Å². The van der Waals surface area contributed by atoms with Gasteiger partial charge in [-0.15, -0.1) is 0 Å². The molecule has 0 unspecified atom stereocenters. The lowest BCUT2D eigenvalue weighted by atomic mass is 9.67. The molecule has 0 radical (unpaired) electrons. The third-order valence-electron chi connectivity index (χ3n) is 11.7. The van der Waals surface area contributed by atoms with Crippen molar-refractivity contribution in [2.45, 2.75) is 12.3 Å². The van der Waals surface area contributed by atoms with Gasteiger partial charge in [-0.25, -0.2) is 0 Å². The first-order valence-corrected chi connectivity index (χ1v) is 19.3. The Morgan fingerprint density at radius 2 is 1.09 bits per heavy atom. The fourth-order valence-corrected chi connectivity index (χ4v) is 9.16. The van der Waals surface area contributed by atoms with Gasteiger partial charge in [-0.2, -0.15) is 0 Å². The van der Waals surface area contributed by atoms with Gasteiger partial charge in [-0.3, -0.25) is 0 Å². The van der Waals surface area contributed by atoms with Crippen molar-refractivity contribution in [1.29, 1.82) is 0 Å². The molecule has 0 N–H and O–H groups in total. The molecule has 0 fully saturated rings. The van der Waals surface area contributed by atoms with Crippen LogP contribution in [0.5, 0.6) is 11.5 Å². The van der Waals surface area contributed by atoms with Gasteiger partial charge in [0, 0.05) is 5.69 Å². The number of anilines is 3. The number of hydrogen-bond acceptors (Lipinski definition) is 2. The molecule has 0 amide bonds. The molecule has 0 saturated carbocycles. The third kappa shape index (κ3) is 4.96. The van der Waals surface area contributed by atoms with Crippen LogP contribution in [0.4, 0.5) is 17.1 Å². The summed E-state index contributed by atoms with van der Waals surface area (Å²) < 4.78 is 6.48. The highest BCUT2D eigenvalue weighted by molar-refractivity contribution is 6.17. The van der Waals surface area contributed by atoms with Crippen LogP contribution in [0.15, 0.2) is 194 Å². The molecule has 0 spiro atoms. The summed E-state index contributed by atoms with van der Waals surface area (Å²) in [7, 11) is 0. The van der Waals surface area contributed by atoms with Gasteiger partial charge in [0.2, 0.25) is 0 Å². The molecule has 2 nitrogen and oxygen atoms in total. The van der Waals surface area contributed by atoms with E-state index in [1.54, 1.807) is 0 Å². The van der Waals surface area contributed by atoms with Crippen LogP contribution in [-0.4, -0.2) is 0 Å². The summed E-state index contributed by atoms with van der Waals surface area (Å²) in [5, 5.41) is 5.27. The lowest BCUT2D eigenvalue weighted by molar-refractivity contribution is 0.477. The number of fused-ring (bicyclic) bond motifs is 2. The predicted octanol–water partition coefficient (Wildman–Crippen LogP) is 14.4. The first kappa shape index (κ1) is 32.3. The van der Waals surface area contributed by atoms with Crippen molar-refractivity contribution in [3.63, 3.8) is 0 Å². The Morgan fingerprint density at radius 3 is 1.86 bits per heavy atom. The second-order valence-corrected chi connectivity index (χ2v) is 15.0. The summed E-state index contributed by atoms with van der Waals surface area (Å²) in [6, 6.07) is 70.7. The highest BCUT2D eigenvalue weighted by Crippen LogP contribution is 2.57. The van der Waals surface area contributed by atoms with E-state index in [1.807, 2.05) is 12.1 Å². The average Bonchev–Trinajstić information content (AvgIpc) is 3.57. The SMILES string of the molecule is Cc1ccc(N2c3ccccc3Oc3cc(/C=C/c4ccc(-c5cc6c7c(ccc8cccc(c87)C6(c6ccccc6)c6ccccc6)c5)cc4)ccc32)cc1. The van der Waals surface area contributed by atoms with Crippen molar-refractivity contribution >= 4 is 50.8 Å². The highest BCUT2D eigenvalue weighted by Gasteiger charge is 2.45. The lowest BCUT2D eigenvalue weighted by Crippen LogP contribution is -2.28. The Morgan fingerprint density at radius 1 is 0.446 bits per heavy atom. The monoisotopic (exact) mass is 715 g/mol. The third-order valence-corrected chi connectivity index (χ3v) is 11.7. The lowest BCUT2D eigenvalue weighted by Gasteiger charge is -2.34. The minimum absolute atomic E-state index is 0.430. The number of aryl methyl sites for hydroxylation is 1. The maximum atomic E-state index is 6.48. The number of nitrogens with zero attached hydrogens (tertiary/aromatic N) is 1. The van der Waals surface area contributed by atoms with Gasteiger partial charge in [0.25, 0.3) is 0 Å². The zero-order chi connectivity index (χ0) is 37.2. The minimum Gasteiger partial charge on any atom is -0.453 e. The molecule has 9 aromatic rings. The summed E-state index contributed by atoms with van der Waals surface area (Å²) >= 11 is 0. The van der Waals surface area contributed by atoms with Gasteiger partial charge in [0.1, 0.15) is 0 Å². The maximum Gasteiger partial charge on any atom is 0.152 e. The van der Waals surface area contributed by atoms with E-state index in [0.29, 0.717) is 0 Å². The Hall–Kier alpha value is -7.16. The van der Waals surface area contributed by atoms with Crippen LogP contribution in [0.3, 0.4) is 0 Å². The van der Waals surface area contributed by atoms with Crippen molar-refractivity contribution < 1.29 is 4.74 Å². The zero-order valence-corrected chi connectivity index (χ0v) is 31.0. The summed E-state index contributed by atoms with van der Waals surface area (Å²) in [6.45, 7) is 2.12. The van der Waals surface area contributed by atoms with Crippen LogP contribution in [-0.2, 0) is 5.41 Å². The second-order valence-electron chi connectivity index (χ2n) is 15.0. The first-order valence-electron chi connectivity index (χ1n) is 19.3. The van der Waals surface area contributed by atoms with Gasteiger partial charge < -0.3 is 9.64 Å². The molecule has 0 bridgehead atoms. The molecule has 264 valence electrons. The summed E-state index contributed by atoms with van der Waals surface area (Å²) in [5.41, 5.74) is 13.9. The van der Waals surface area contributed by atoms with Crippen LogP contribution in [0.25, 0.3) is 44.8 Å². The largest absolute Gasteiger partial charge is 0.453 e. The number of benzene rings is 9. The normalized spacial score (nSPS) is 13.6. The van der Waals surface area contributed by atoms with E-state index in [0.717, 1.165) is 39.7 Å². The molecule has 1 aliphatic heterocycles. The first-order chi connectivity index (χ1) is 27.6. The molecule has 0 aromatic heterocycles. The van der Waals surface area contributed by atoms with Crippen molar-refractivity contribution in [2.75, 3.05) is 4.90 Å². The summed E-state index contributed by atoms with van der Waals surface area (Å²) in [4.78, 5) is 2.28. The van der Waals surface area contributed by atoms with Gasteiger partial charge >= 0.3 is 0 Å². The van der Waals surface area contributed by atoms with E-state index in [-0.39, 0.29) is 0 Å². The Balaban J connectivity index is 0.958. The van der Waals surface area contributed by atoms with E-state index in [9.17, 15) is 0 Å². The smallest absolute Gasteiger partial charge is 0.152 e. The molecule has 0 saturated heterocycles. The molecule has 9 aromatic carbocycles. The molecule has 1 aliphatic carbocycles. The number of hydrogen-bond donors (Lipinski definition) is 0. The quantitative estimate of drug-likeness (QED) is 0.126. The number of para-hydroxylation sites is 2. The van der Waals surface area contributed by atoms with Crippen LogP contribution in [0, 0.1) is 6.92 Å². The maximum absolute atomic E-state index is 6.48. The average molecular weight is 716 g/mol. The topological polar surface area (TPSA) is 12.5 Å².